The molecule has 0 radical (unpaired) electrons. The highest BCUT2D eigenvalue weighted by Gasteiger charge is 2.34. The summed E-state index contributed by atoms with van der Waals surface area (Å²) in [5.41, 5.74) is 2.34. The first kappa shape index (κ1) is 26.9. The molecule has 2 aromatic heterocycles. The van der Waals surface area contributed by atoms with Crippen LogP contribution < -0.4 is 21.3 Å². The number of nitrogens with one attached hydrogen (secondary N) is 4. The Balaban J connectivity index is 1.22. The molecule has 1 aromatic carbocycles. The van der Waals surface area contributed by atoms with Gasteiger partial charge in [-0.1, -0.05) is 6.07 Å². The Morgan fingerprint density at radius 3 is 2.58 bits per heavy atom. The molecule has 2 fully saturated rings. The Labute approximate surface area is 230 Å². The van der Waals surface area contributed by atoms with E-state index in [9.17, 15) is 19.2 Å². The summed E-state index contributed by atoms with van der Waals surface area (Å²) in [7, 11) is 1.22. The van der Waals surface area contributed by atoms with Crippen LogP contribution in [0.25, 0.3) is 22.0 Å². The number of anilines is 2. The molecule has 208 valence electrons. The van der Waals surface area contributed by atoms with Gasteiger partial charge >= 0.3 is 6.09 Å². The van der Waals surface area contributed by atoms with Gasteiger partial charge in [0.25, 0.3) is 0 Å². The monoisotopic (exact) mass is 546 g/mol. The highest BCUT2D eigenvalue weighted by Crippen LogP contribution is 2.25. The molecule has 2 aliphatic rings. The average Bonchev–Trinajstić information content (AvgIpc) is 3.69. The van der Waals surface area contributed by atoms with Gasteiger partial charge in [-0.2, -0.15) is 0 Å². The molecule has 40 heavy (non-hydrogen) atoms. The number of benzene rings is 1. The number of amides is 4. The molecule has 13 heteroatoms. The summed E-state index contributed by atoms with van der Waals surface area (Å²) in [6.07, 6.45) is 5.59. The van der Waals surface area contributed by atoms with Crippen molar-refractivity contribution in [3.05, 3.63) is 42.7 Å². The Morgan fingerprint density at radius 1 is 1.00 bits per heavy atom. The maximum absolute atomic E-state index is 13.0. The zero-order valence-corrected chi connectivity index (χ0v) is 22.0. The molecule has 5 rings (SSSR count). The van der Waals surface area contributed by atoms with Gasteiger partial charge in [0.15, 0.2) is 0 Å². The number of methoxy groups -OCH3 is 1. The second-order valence-electron chi connectivity index (χ2n) is 9.62. The highest BCUT2D eigenvalue weighted by molar-refractivity contribution is 5.98. The van der Waals surface area contributed by atoms with Gasteiger partial charge in [-0.05, 0) is 62.1 Å². The second kappa shape index (κ2) is 12.0. The van der Waals surface area contributed by atoms with Crippen molar-refractivity contribution in [2.45, 2.75) is 37.8 Å². The lowest BCUT2D eigenvalue weighted by atomic mass is 10.1. The number of pyridine rings is 1. The molecule has 0 bridgehead atoms. The van der Waals surface area contributed by atoms with E-state index >= 15 is 0 Å². The third-order valence-electron chi connectivity index (χ3n) is 6.98. The van der Waals surface area contributed by atoms with Crippen molar-refractivity contribution in [2.75, 3.05) is 37.4 Å². The number of hydrogen-bond donors (Lipinski definition) is 4. The lowest BCUT2D eigenvalue weighted by Crippen LogP contribution is -2.47. The van der Waals surface area contributed by atoms with E-state index in [1.165, 1.54) is 12.0 Å². The molecule has 4 heterocycles. The van der Waals surface area contributed by atoms with Crippen LogP contribution in [0.3, 0.4) is 0 Å². The highest BCUT2D eigenvalue weighted by atomic mass is 16.5. The number of fused-ring (bicyclic) bond motifs is 1. The minimum Gasteiger partial charge on any atom is -0.453 e. The molecule has 0 spiro atoms. The molecule has 0 saturated carbocycles. The van der Waals surface area contributed by atoms with E-state index in [1.807, 2.05) is 24.3 Å². The Hall–Kier alpha value is -4.65. The fourth-order valence-corrected chi connectivity index (χ4v) is 4.89. The predicted octanol–water partition coefficient (Wildman–Crippen LogP) is 1.67. The third kappa shape index (κ3) is 6.15. The van der Waals surface area contributed by atoms with Crippen molar-refractivity contribution < 1.29 is 23.9 Å². The number of carbonyl (C=O) groups is 4. The van der Waals surface area contributed by atoms with Crippen LogP contribution in [0.2, 0.25) is 0 Å². The van der Waals surface area contributed by atoms with Crippen LogP contribution in [0.1, 0.15) is 25.7 Å². The van der Waals surface area contributed by atoms with Crippen molar-refractivity contribution in [2.24, 2.45) is 0 Å². The Kier molecular flexibility index (Phi) is 8.10. The second-order valence-corrected chi connectivity index (χ2v) is 9.62. The molecule has 13 nitrogen and oxygen atoms in total. The van der Waals surface area contributed by atoms with Crippen molar-refractivity contribution >= 4 is 46.5 Å². The van der Waals surface area contributed by atoms with Crippen molar-refractivity contribution in [1.29, 1.82) is 0 Å². The minimum atomic E-state index is -0.706. The van der Waals surface area contributed by atoms with Gasteiger partial charge in [-0.15, -0.1) is 0 Å². The molecular weight excluding hydrogens is 516 g/mol. The van der Waals surface area contributed by atoms with Crippen LogP contribution in [0.15, 0.2) is 42.7 Å². The summed E-state index contributed by atoms with van der Waals surface area (Å²) in [5.74, 6) is -0.189. The molecule has 0 aliphatic carbocycles. The van der Waals surface area contributed by atoms with Crippen molar-refractivity contribution in [3.63, 3.8) is 0 Å². The summed E-state index contributed by atoms with van der Waals surface area (Å²) in [6, 6.07) is 8.37. The maximum Gasteiger partial charge on any atom is 0.407 e. The summed E-state index contributed by atoms with van der Waals surface area (Å²) in [6.45, 7) is 1.02. The van der Waals surface area contributed by atoms with Crippen LogP contribution in [0.5, 0.6) is 0 Å². The molecule has 4 N–H and O–H groups in total. The van der Waals surface area contributed by atoms with Crippen molar-refractivity contribution in [3.8, 4) is 11.1 Å². The zero-order chi connectivity index (χ0) is 28.1. The predicted molar refractivity (Wildman–Crippen MR) is 146 cm³/mol. The van der Waals surface area contributed by atoms with Gasteiger partial charge in [-0.3, -0.25) is 19.7 Å². The number of aromatic nitrogens is 3. The minimum absolute atomic E-state index is 0.132. The first-order valence-electron chi connectivity index (χ1n) is 13.1. The summed E-state index contributed by atoms with van der Waals surface area (Å²) < 4.78 is 4.49. The van der Waals surface area contributed by atoms with Crippen molar-refractivity contribution in [1.82, 2.24) is 30.5 Å². The van der Waals surface area contributed by atoms with Crippen LogP contribution in [0, 0.1) is 0 Å². The van der Waals surface area contributed by atoms with E-state index in [1.54, 1.807) is 18.5 Å². The Bertz CT molecular complexity index is 1420. The average molecular weight is 547 g/mol. The SMILES string of the molecule is COC(=O)NCC(=O)N1CCCC1C(=O)Nc1ccc2cc(-c3cnc(NC(=O)C4CCCN4)nc3)ccc2n1. The number of alkyl carbamates (subject to hydrolysis) is 1. The third-order valence-corrected chi connectivity index (χ3v) is 6.98. The van der Waals surface area contributed by atoms with E-state index in [2.05, 4.69) is 41.0 Å². The van der Waals surface area contributed by atoms with Crippen LogP contribution in [-0.4, -0.2) is 82.5 Å². The molecule has 2 unspecified atom stereocenters. The molecule has 4 amide bonds. The van der Waals surface area contributed by atoms with Gasteiger partial charge in [0.05, 0.1) is 18.7 Å². The number of nitrogens with zero attached hydrogens (tertiary/aromatic N) is 4. The lowest BCUT2D eigenvalue weighted by molar-refractivity contribution is -0.135. The fraction of sp³-hybridized carbons (Fsp3) is 0.370. The molecule has 2 saturated heterocycles. The quantitative estimate of drug-likeness (QED) is 0.345. The lowest BCUT2D eigenvalue weighted by Gasteiger charge is -2.23. The topological polar surface area (TPSA) is 168 Å². The van der Waals surface area contributed by atoms with Gasteiger partial charge in [-0.25, -0.2) is 19.7 Å². The largest absolute Gasteiger partial charge is 0.453 e. The van der Waals surface area contributed by atoms with Gasteiger partial charge < -0.3 is 25.6 Å². The van der Waals surface area contributed by atoms with E-state index in [-0.39, 0.29) is 36.3 Å². The van der Waals surface area contributed by atoms with Crippen LogP contribution in [0.4, 0.5) is 16.6 Å². The van der Waals surface area contributed by atoms with Crippen LogP contribution >= 0.6 is 0 Å². The molecular formula is C27H30N8O5. The van der Waals surface area contributed by atoms with Gasteiger partial charge in [0.1, 0.15) is 18.4 Å². The number of likely N-dealkylation sites (tertiary alicyclic amines) is 1. The summed E-state index contributed by atoms with van der Waals surface area (Å²) in [4.78, 5) is 63.6. The van der Waals surface area contributed by atoms with E-state index in [0.717, 1.165) is 35.9 Å². The number of hydrogen-bond acceptors (Lipinski definition) is 9. The Morgan fingerprint density at radius 2 is 1.82 bits per heavy atom. The zero-order valence-electron chi connectivity index (χ0n) is 22.0. The molecule has 3 aromatic rings. The van der Waals surface area contributed by atoms with Crippen LogP contribution in [-0.2, 0) is 19.1 Å². The molecule has 2 aliphatic heterocycles. The van der Waals surface area contributed by atoms with E-state index < -0.39 is 12.1 Å². The van der Waals surface area contributed by atoms with E-state index in [0.29, 0.717) is 30.7 Å². The number of ether oxygens (including phenoxy) is 1. The first-order valence-corrected chi connectivity index (χ1v) is 13.1. The number of rotatable bonds is 7. The standard InChI is InChI=1S/C27H30N8O5/c1-40-27(39)31-15-23(36)35-11-3-5-21(35)25(38)33-22-9-7-17-12-16(6-8-19(17)32-22)18-13-29-26(30-14-18)34-24(37)20-4-2-10-28-20/h6-9,12-14,20-21,28H,2-5,10-11,15H2,1H3,(H,31,39)(H,32,33,38)(H,29,30,34,37). The van der Waals surface area contributed by atoms with Gasteiger partial charge in [0, 0.05) is 29.9 Å². The molecule has 2 atom stereocenters. The smallest absolute Gasteiger partial charge is 0.407 e. The summed E-state index contributed by atoms with van der Waals surface area (Å²) >= 11 is 0. The normalized spacial score (nSPS) is 18.4. The number of carbonyl (C=O) groups excluding carboxylic acids is 4. The maximum atomic E-state index is 13.0. The first-order chi connectivity index (χ1) is 19.4. The van der Waals surface area contributed by atoms with Gasteiger partial charge in [0.2, 0.25) is 23.7 Å². The summed E-state index contributed by atoms with van der Waals surface area (Å²) in [5, 5.41) is 11.9. The van der Waals surface area contributed by atoms with E-state index in [4.69, 9.17) is 0 Å². The fourth-order valence-electron chi connectivity index (χ4n) is 4.89.